The highest BCUT2D eigenvalue weighted by atomic mass is 17.2. The third-order valence-corrected chi connectivity index (χ3v) is 2.27. The first-order valence-corrected chi connectivity index (χ1v) is 5.02. The number of hydrogen-bond acceptors (Lipinski definition) is 3. The van der Waals surface area contributed by atoms with E-state index in [-0.39, 0.29) is 5.60 Å². The second-order valence-corrected chi connectivity index (χ2v) is 4.00. The van der Waals surface area contributed by atoms with Crippen molar-refractivity contribution in [2.75, 3.05) is 6.61 Å². The molecule has 0 aromatic rings. The molecule has 0 aromatic carbocycles. The Labute approximate surface area is 87.0 Å². The summed E-state index contributed by atoms with van der Waals surface area (Å²) in [7, 11) is 0. The van der Waals surface area contributed by atoms with Gasteiger partial charge in [-0.05, 0) is 32.8 Å². The van der Waals surface area contributed by atoms with Crippen molar-refractivity contribution in [1.82, 2.24) is 0 Å². The van der Waals surface area contributed by atoms with E-state index in [1.807, 2.05) is 20.8 Å². The lowest BCUT2D eigenvalue weighted by Gasteiger charge is -2.29. The van der Waals surface area contributed by atoms with E-state index >= 15 is 0 Å². The molecule has 14 heavy (non-hydrogen) atoms. The molecule has 0 spiro atoms. The van der Waals surface area contributed by atoms with Gasteiger partial charge in [-0.25, -0.2) is 4.89 Å². The van der Waals surface area contributed by atoms with E-state index in [4.69, 9.17) is 14.5 Å². The molecule has 84 valence electrons. The molecule has 0 heterocycles. The molecule has 1 unspecified atom stereocenters. The average Bonchev–Trinajstić information content (AvgIpc) is 2.12. The third-order valence-electron chi connectivity index (χ3n) is 2.27. The fourth-order valence-corrected chi connectivity index (χ4v) is 0.567. The van der Waals surface area contributed by atoms with Crippen LogP contribution in [-0.2, 0) is 14.5 Å². The minimum Gasteiger partial charge on any atom is -0.347 e. The van der Waals surface area contributed by atoms with Crippen LogP contribution in [0.4, 0.5) is 0 Å². The highest BCUT2D eigenvalue weighted by Gasteiger charge is 2.25. The molecular weight excluding hydrogens is 180 g/mol. The zero-order valence-corrected chi connectivity index (χ0v) is 9.87. The summed E-state index contributed by atoms with van der Waals surface area (Å²) in [5, 5.41) is 0. The van der Waals surface area contributed by atoms with Gasteiger partial charge in [0.15, 0.2) is 0 Å². The van der Waals surface area contributed by atoms with Crippen LogP contribution >= 0.6 is 0 Å². The molecule has 0 radical (unpaired) electrons. The predicted molar refractivity (Wildman–Crippen MR) is 56.7 cm³/mol. The van der Waals surface area contributed by atoms with Gasteiger partial charge in [-0.3, -0.25) is 0 Å². The van der Waals surface area contributed by atoms with E-state index in [9.17, 15) is 0 Å². The molecule has 3 heteroatoms. The summed E-state index contributed by atoms with van der Waals surface area (Å²) < 4.78 is 5.20. The van der Waals surface area contributed by atoms with Crippen molar-refractivity contribution in [3.8, 4) is 0 Å². The monoisotopic (exact) mass is 202 g/mol. The normalized spacial score (nSPS) is 14.4. The average molecular weight is 202 g/mol. The molecule has 3 nitrogen and oxygen atoms in total. The van der Waals surface area contributed by atoms with Gasteiger partial charge in [-0.2, -0.15) is 4.89 Å². The minimum absolute atomic E-state index is 0.321. The Morgan fingerprint density at radius 1 is 1.36 bits per heavy atom. The van der Waals surface area contributed by atoms with Gasteiger partial charge in [0.2, 0.25) is 6.29 Å². The molecular formula is C11H22O3. The summed E-state index contributed by atoms with van der Waals surface area (Å²) in [6.07, 6.45) is 1.08. The molecule has 0 aliphatic heterocycles. The molecule has 0 saturated carbocycles. The molecule has 1 atom stereocenters. The largest absolute Gasteiger partial charge is 0.347 e. The Kier molecular flexibility index (Phi) is 6.00. The lowest BCUT2D eigenvalue weighted by molar-refractivity contribution is -0.413. The molecule has 0 aliphatic carbocycles. The summed E-state index contributed by atoms with van der Waals surface area (Å²) in [5.41, 5.74) is -0.321. The summed E-state index contributed by atoms with van der Waals surface area (Å²) >= 11 is 0. The summed E-state index contributed by atoms with van der Waals surface area (Å²) in [5.74, 6) is 0.370. The van der Waals surface area contributed by atoms with Crippen LogP contribution in [0.5, 0.6) is 0 Å². The molecule has 0 N–H and O–H groups in total. The van der Waals surface area contributed by atoms with Gasteiger partial charge in [0.05, 0.1) is 0 Å². The molecule has 0 saturated heterocycles. The smallest absolute Gasteiger partial charge is 0.210 e. The first kappa shape index (κ1) is 13.6. The second-order valence-electron chi connectivity index (χ2n) is 4.00. The Morgan fingerprint density at radius 2 is 1.93 bits per heavy atom. The molecule has 0 amide bonds. The van der Waals surface area contributed by atoms with Crippen LogP contribution in [0.2, 0.25) is 0 Å². The lowest BCUT2D eigenvalue weighted by atomic mass is 9.95. The van der Waals surface area contributed by atoms with Crippen molar-refractivity contribution in [2.24, 2.45) is 5.92 Å². The van der Waals surface area contributed by atoms with Crippen LogP contribution in [0.3, 0.4) is 0 Å². The van der Waals surface area contributed by atoms with Gasteiger partial charge in [0.1, 0.15) is 5.60 Å². The Balaban J connectivity index is 3.95. The van der Waals surface area contributed by atoms with E-state index in [1.165, 1.54) is 0 Å². The highest BCUT2D eigenvalue weighted by Crippen LogP contribution is 2.21. The minimum atomic E-state index is -0.488. The van der Waals surface area contributed by atoms with Crippen LogP contribution in [0.1, 0.15) is 34.6 Å². The lowest BCUT2D eigenvalue weighted by Crippen LogP contribution is -2.33. The molecule has 0 aromatic heterocycles. The van der Waals surface area contributed by atoms with Crippen molar-refractivity contribution >= 4 is 0 Å². The van der Waals surface area contributed by atoms with Crippen LogP contribution in [0, 0.1) is 5.92 Å². The van der Waals surface area contributed by atoms with Gasteiger partial charge in [-0.1, -0.05) is 20.4 Å². The number of rotatable bonds is 7. The van der Waals surface area contributed by atoms with E-state index < -0.39 is 6.29 Å². The standard InChI is InChI=1S/C11H22O3/c1-7-10(12-8-2)13-14-11(5,6)9(3)4/h7,9-10H,1,8H2,2-6H3. The predicted octanol–water partition coefficient (Wildman–Crippen LogP) is 2.92. The topological polar surface area (TPSA) is 27.7 Å². The maximum absolute atomic E-state index is 5.30. The molecule has 0 fully saturated rings. The maximum atomic E-state index is 5.30. The van der Waals surface area contributed by atoms with Crippen molar-refractivity contribution in [1.29, 1.82) is 0 Å². The Hall–Kier alpha value is -0.380. The highest BCUT2D eigenvalue weighted by molar-refractivity contribution is 4.73. The first-order valence-electron chi connectivity index (χ1n) is 5.02. The molecule has 0 aliphatic rings. The van der Waals surface area contributed by atoms with Crippen LogP contribution in [-0.4, -0.2) is 18.5 Å². The van der Waals surface area contributed by atoms with Gasteiger partial charge >= 0.3 is 0 Å². The van der Waals surface area contributed by atoms with E-state index in [2.05, 4.69) is 20.4 Å². The maximum Gasteiger partial charge on any atom is 0.210 e. The fraction of sp³-hybridized carbons (Fsp3) is 0.818. The second kappa shape index (κ2) is 6.17. The van der Waals surface area contributed by atoms with Crippen molar-refractivity contribution < 1.29 is 14.5 Å². The van der Waals surface area contributed by atoms with Gasteiger partial charge < -0.3 is 4.74 Å². The molecule has 0 bridgehead atoms. The Bertz CT molecular complexity index is 164. The molecule has 0 rings (SSSR count). The van der Waals surface area contributed by atoms with Crippen molar-refractivity contribution in [2.45, 2.75) is 46.5 Å². The summed E-state index contributed by atoms with van der Waals surface area (Å²) in [6.45, 7) is 14.2. The number of ether oxygens (including phenoxy) is 1. The van der Waals surface area contributed by atoms with Crippen LogP contribution in [0.15, 0.2) is 12.7 Å². The van der Waals surface area contributed by atoms with Crippen LogP contribution < -0.4 is 0 Å². The van der Waals surface area contributed by atoms with Crippen molar-refractivity contribution in [3.05, 3.63) is 12.7 Å². The van der Waals surface area contributed by atoms with E-state index in [1.54, 1.807) is 6.08 Å². The first-order chi connectivity index (χ1) is 6.44. The van der Waals surface area contributed by atoms with E-state index in [0.717, 1.165) is 0 Å². The van der Waals surface area contributed by atoms with Gasteiger partial charge in [-0.15, -0.1) is 0 Å². The van der Waals surface area contributed by atoms with Crippen LogP contribution in [0.25, 0.3) is 0 Å². The summed E-state index contributed by atoms with van der Waals surface area (Å²) in [4.78, 5) is 10.4. The number of hydrogen-bond donors (Lipinski definition) is 0. The third kappa shape index (κ3) is 4.74. The Morgan fingerprint density at radius 3 is 2.29 bits per heavy atom. The van der Waals surface area contributed by atoms with Gasteiger partial charge in [0.25, 0.3) is 0 Å². The van der Waals surface area contributed by atoms with Gasteiger partial charge in [0, 0.05) is 6.61 Å². The van der Waals surface area contributed by atoms with Crippen molar-refractivity contribution in [3.63, 3.8) is 0 Å². The SMILES string of the molecule is C=CC(OCC)OOC(C)(C)C(C)C. The summed E-state index contributed by atoms with van der Waals surface area (Å²) in [6, 6.07) is 0. The zero-order valence-electron chi connectivity index (χ0n) is 9.87. The fourth-order valence-electron chi connectivity index (χ4n) is 0.567. The quantitative estimate of drug-likeness (QED) is 0.275. The zero-order chi connectivity index (χ0) is 11.2. The van der Waals surface area contributed by atoms with E-state index in [0.29, 0.717) is 12.5 Å².